The molecule has 0 aliphatic rings. The number of aliphatic hydroxyl groups excluding tert-OH is 1. The number of unbranched alkanes of at least 4 members (excludes halogenated alkanes) is 16. The van der Waals surface area contributed by atoms with Crippen LogP contribution < -0.4 is 5.32 Å². The summed E-state index contributed by atoms with van der Waals surface area (Å²) in [4.78, 5) is 23.1. The van der Waals surface area contributed by atoms with Crippen LogP contribution in [0.4, 0.5) is 0 Å². The van der Waals surface area contributed by atoms with Crippen molar-refractivity contribution in [1.82, 2.24) is 5.32 Å². The zero-order valence-corrected chi connectivity index (χ0v) is 39.4. The van der Waals surface area contributed by atoms with E-state index in [9.17, 15) is 19.4 Å². The lowest BCUT2D eigenvalue weighted by Gasteiger charge is -2.25. The first kappa shape index (κ1) is 56.7. The zero-order valence-electron chi connectivity index (χ0n) is 38.5. The Balaban J connectivity index is 4.42. The Morgan fingerprint density at radius 3 is 1.56 bits per heavy atom. The number of amides is 1. The predicted octanol–water partition coefficient (Wildman–Crippen LogP) is 13.4. The number of rotatable bonds is 41. The van der Waals surface area contributed by atoms with Crippen molar-refractivity contribution in [2.75, 3.05) is 40.9 Å². The second-order valence-corrected chi connectivity index (χ2v) is 18.2. The standard InChI is InChI=1S/C50H89N2O6P/c1-6-8-10-12-14-16-18-20-22-23-24-25-26-27-28-29-30-32-34-36-38-40-42-44-50(54)51-48(47-58-59(55,56)57-46-45-52(3,4)5)49(53)43-41-39-37-35-33-31-21-19-17-15-13-11-9-7-2/h8,10,14,16,20,22,24-25,27-28,33,35,41,43,48-49,53H,6-7,9,11-13,15,17-19,21,23,26,29-32,34,36-40,42,44-47H2,1-5H3,(H-,51,54,55,56)/p+1/b10-8-,16-14-,22-20-,25-24-,28-27-,35-33+,43-41+. The lowest BCUT2D eigenvalue weighted by atomic mass is 10.1. The molecule has 0 rings (SSSR count). The third-order valence-electron chi connectivity index (χ3n) is 9.85. The molecular formula is C50H90N2O6P+. The quantitative estimate of drug-likeness (QED) is 0.0245. The van der Waals surface area contributed by atoms with Crippen molar-refractivity contribution >= 4 is 13.7 Å². The van der Waals surface area contributed by atoms with E-state index < -0.39 is 20.0 Å². The Bertz CT molecular complexity index is 1230. The van der Waals surface area contributed by atoms with Gasteiger partial charge in [0.05, 0.1) is 39.9 Å². The van der Waals surface area contributed by atoms with Crippen molar-refractivity contribution in [2.24, 2.45) is 0 Å². The molecule has 0 spiro atoms. The number of aliphatic hydroxyl groups is 1. The monoisotopic (exact) mass is 846 g/mol. The molecule has 0 aliphatic heterocycles. The first-order valence-corrected chi connectivity index (χ1v) is 25.0. The number of hydrogen-bond donors (Lipinski definition) is 3. The average molecular weight is 846 g/mol. The van der Waals surface area contributed by atoms with Gasteiger partial charge in [0.1, 0.15) is 13.2 Å². The normalized spacial score (nSPS) is 15.0. The highest BCUT2D eigenvalue weighted by molar-refractivity contribution is 7.47. The number of phosphoric ester groups is 1. The van der Waals surface area contributed by atoms with Gasteiger partial charge in [-0.05, 0) is 77.0 Å². The first-order valence-electron chi connectivity index (χ1n) is 23.5. The molecule has 0 aromatic rings. The lowest BCUT2D eigenvalue weighted by molar-refractivity contribution is -0.870. The summed E-state index contributed by atoms with van der Waals surface area (Å²) in [5.74, 6) is -0.203. The Hall–Kier alpha value is -2.32. The van der Waals surface area contributed by atoms with Crippen molar-refractivity contribution in [3.05, 3.63) is 85.1 Å². The second-order valence-electron chi connectivity index (χ2n) is 16.7. The number of hydrogen-bond acceptors (Lipinski definition) is 5. The van der Waals surface area contributed by atoms with E-state index in [1.54, 1.807) is 6.08 Å². The Morgan fingerprint density at radius 2 is 1.03 bits per heavy atom. The van der Waals surface area contributed by atoms with E-state index in [0.29, 0.717) is 17.4 Å². The summed E-state index contributed by atoms with van der Waals surface area (Å²) in [6.45, 7) is 4.64. The Morgan fingerprint density at radius 1 is 0.593 bits per heavy atom. The fourth-order valence-corrected chi connectivity index (χ4v) is 6.88. The van der Waals surface area contributed by atoms with Gasteiger partial charge in [-0.1, -0.05) is 176 Å². The van der Waals surface area contributed by atoms with Crippen molar-refractivity contribution in [1.29, 1.82) is 0 Å². The molecule has 0 fully saturated rings. The van der Waals surface area contributed by atoms with E-state index in [2.05, 4.69) is 92.1 Å². The number of carbonyl (C=O) groups is 1. The first-order chi connectivity index (χ1) is 28.5. The number of phosphoric acid groups is 1. The number of quaternary nitrogens is 1. The largest absolute Gasteiger partial charge is 0.472 e. The summed E-state index contributed by atoms with van der Waals surface area (Å²) < 4.78 is 23.5. The van der Waals surface area contributed by atoms with Crippen molar-refractivity contribution < 1.29 is 32.9 Å². The number of allylic oxidation sites excluding steroid dienone is 13. The lowest BCUT2D eigenvalue weighted by Crippen LogP contribution is -2.45. The van der Waals surface area contributed by atoms with Crippen LogP contribution in [0.2, 0.25) is 0 Å². The SMILES string of the molecule is CC/C=C\C/C=C\C/C=C\C/C=C\C/C=C\CCCCCCCCCC(=O)NC(COP(=O)(O)OCC[N+](C)(C)C)C(O)/C=C/CC/C=C/CCCCCCCCCC. The molecule has 8 nitrogen and oxygen atoms in total. The van der Waals surface area contributed by atoms with Crippen LogP contribution in [0.25, 0.3) is 0 Å². The minimum atomic E-state index is -4.35. The molecule has 3 atom stereocenters. The topological polar surface area (TPSA) is 105 Å². The molecule has 0 radical (unpaired) electrons. The van der Waals surface area contributed by atoms with Gasteiger partial charge < -0.3 is 19.8 Å². The van der Waals surface area contributed by atoms with Crippen molar-refractivity contribution in [2.45, 2.75) is 187 Å². The van der Waals surface area contributed by atoms with Crippen LogP contribution in [0, 0.1) is 0 Å². The fourth-order valence-electron chi connectivity index (χ4n) is 6.14. The summed E-state index contributed by atoms with van der Waals surface area (Å²) in [6.07, 6.45) is 56.5. The smallest absolute Gasteiger partial charge is 0.387 e. The molecule has 0 saturated carbocycles. The minimum absolute atomic E-state index is 0.0492. The van der Waals surface area contributed by atoms with Crippen LogP contribution in [-0.2, 0) is 18.4 Å². The molecule has 9 heteroatoms. The van der Waals surface area contributed by atoms with Gasteiger partial charge in [0.25, 0.3) is 0 Å². The third-order valence-corrected chi connectivity index (χ3v) is 10.8. The molecule has 0 aromatic heterocycles. The van der Waals surface area contributed by atoms with E-state index in [1.807, 2.05) is 27.2 Å². The molecule has 0 aliphatic carbocycles. The highest BCUT2D eigenvalue weighted by Crippen LogP contribution is 2.43. The van der Waals surface area contributed by atoms with E-state index >= 15 is 0 Å². The third kappa shape index (κ3) is 43.6. The molecule has 59 heavy (non-hydrogen) atoms. The van der Waals surface area contributed by atoms with E-state index in [0.717, 1.165) is 83.5 Å². The van der Waals surface area contributed by atoms with Gasteiger partial charge >= 0.3 is 7.82 Å². The maximum absolute atomic E-state index is 12.9. The fraction of sp³-hybridized carbons (Fsp3) is 0.700. The molecule has 0 heterocycles. The number of likely N-dealkylation sites (N-methyl/N-ethyl adjacent to an activating group) is 1. The highest BCUT2D eigenvalue weighted by atomic mass is 31.2. The van der Waals surface area contributed by atoms with Gasteiger partial charge in [0.15, 0.2) is 0 Å². The van der Waals surface area contributed by atoms with Crippen LogP contribution >= 0.6 is 7.82 Å². The highest BCUT2D eigenvalue weighted by Gasteiger charge is 2.27. The average Bonchev–Trinajstić information content (AvgIpc) is 3.19. The molecule has 1 amide bonds. The Labute approximate surface area is 363 Å². The van der Waals surface area contributed by atoms with Crippen LogP contribution in [0.15, 0.2) is 85.1 Å². The van der Waals surface area contributed by atoms with Crippen LogP contribution in [-0.4, -0.2) is 73.4 Å². The maximum Gasteiger partial charge on any atom is 0.472 e. The molecule has 340 valence electrons. The van der Waals surface area contributed by atoms with Gasteiger partial charge in [0, 0.05) is 6.42 Å². The van der Waals surface area contributed by atoms with Gasteiger partial charge in [-0.25, -0.2) is 4.57 Å². The number of carbonyl (C=O) groups excluding carboxylic acids is 1. The summed E-state index contributed by atoms with van der Waals surface area (Å²) in [5.41, 5.74) is 0. The number of nitrogens with zero attached hydrogens (tertiary/aromatic N) is 1. The van der Waals surface area contributed by atoms with E-state index in [4.69, 9.17) is 9.05 Å². The van der Waals surface area contributed by atoms with Crippen LogP contribution in [0.1, 0.15) is 174 Å². The molecule has 0 aromatic carbocycles. The van der Waals surface area contributed by atoms with E-state index in [1.165, 1.54) is 70.6 Å². The molecule has 0 bridgehead atoms. The molecule has 3 N–H and O–H groups in total. The summed E-state index contributed by atoms with van der Waals surface area (Å²) in [7, 11) is 1.53. The molecule has 3 unspecified atom stereocenters. The van der Waals surface area contributed by atoms with E-state index in [-0.39, 0.29) is 19.1 Å². The van der Waals surface area contributed by atoms with Gasteiger partial charge in [0.2, 0.25) is 5.91 Å². The van der Waals surface area contributed by atoms with Gasteiger partial charge in [-0.15, -0.1) is 0 Å². The number of nitrogens with one attached hydrogen (secondary N) is 1. The van der Waals surface area contributed by atoms with Crippen molar-refractivity contribution in [3.8, 4) is 0 Å². The second kappa shape index (κ2) is 41.1. The van der Waals surface area contributed by atoms with Crippen LogP contribution in [0.3, 0.4) is 0 Å². The predicted molar refractivity (Wildman–Crippen MR) is 253 cm³/mol. The van der Waals surface area contributed by atoms with Crippen LogP contribution in [0.5, 0.6) is 0 Å². The Kier molecular flexibility index (Phi) is 39.4. The molecular weight excluding hydrogens is 756 g/mol. The maximum atomic E-state index is 12.9. The minimum Gasteiger partial charge on any atom is -0.387 e. The van der Waals surface area contributed by atoms with Crippen molar-refractivity contribution in [3.63, 3.8) is 0 Å². The van der Waals surface area contributed by atoms with Gasteiger partial charge in [-0.2, -0.15) is 0 Å². The summed E-state index contributed by atoms with van der Waals surface area (Å²) >= 11 is 0. The summed E-state index contributed by atoms with van der Waals surface area (Å²) in [5, 5.41) is 13.8. The zero-order chi connectivity index (χ0) is 43.6. The summed E-state index contributed by atoms with van der Waals surface area (Å²) in [6, 6.07) is -0.873. The van der Waals surface area contributed by atoms with Gasteiger partial charge in [-0.3, -0.25) is 13.8 Å². The molecule has 0 saturated heterocycles.